The third-order valence-corrected chi connectivity index (χ3v) is 5.30. The Morgan fingerprint density at radius 1 is 1.26 bits per heavy atom. The molecule has 0 N–H and O–H groups in total. The Morgan fingerprint density at radius 2 is 1.96 bits per heavy atom. The van der Waals surface area contributed by atoms with E-state index in [0.717, 1.165) is 12.8 Å². The van der Waals surface area contributed by atoms with Gasteiger partial charge >= 0.3 is 17.2 Å². The van der Waals surface area contributed by atoms with Gasteiger partial charge in [-0.2, -0.15) is 8.78 Å². The van der Waals surface area contributed by atoms with Crippen LogP contribution in [0.2, 0.25) is 0 Å². The van der Waals surface area contributed by atoms with E-state index in [1.165, 1.54) is 24.3 Å². The van der Waals surface area contributed by atoms with Crippen LogP contribution in [0.5, 0.6) is 5.75 Å². The first-order chi connectivity index (χ1) is 12.6. The number of rotatable bonds is 6. The number of ether oxygens (including phenoxy) is 3. The maximum absolute atomic E-state index is 13.2. The lowest BCUT2D eigenvalue weighted by Gasteiger charge is -2.19. The van der Waals surface area contributed by atoms with Gasteiger partial charge in [0.2, 0.25) is 0 Å². The molecule has 3 rings (SSSR count). The number of para-hydroxylation sites is 1. The normalized spacial score (nSPS) is 24.6. The molecule has 0 aromatic heterocycles. The van der Waals surface area contributed by atoms with Gasteiger partial charge in [0.25, 0.3) is 0 Å². The molecule has 2 heterocycles. The Hall–Kier alpha value is -2.11. The summed E-state index contributed by atoms with van der Waals surface area (Å²) in [6.45, 7) is -0.805. The molecule has 0 amide bonds. The fraction of sp³-hybridized carbons (Fsp3) is 0.500. The SMILES string of the molecule is O=C(Oc1ccccc1COC(=O)C(F)(F)S(=O)(=O)[O-])C1CC2CCC1O2. The lowest BCUT2D eigenvalue weighted by Crippen LogP contribution is -2.39. The van der Waals surface area contributed by atoms with Crippen LogP contribution in [0.3, 0.4) is 0 Å². The first-order valence-corrected chi connectivity index (χ1v) is 9.46. The average molecular weight is 405 g/mol. The van der Waals surface area contributed by atoms with E-state index in [-0.39, 0.29) is 23.5 Å². The average Bonchev–Trinajstić information content (AvgIpc) is 3.23. The van der Waals surface area contributed by atoms with Crippen LogP contribution in [0.25, 0.3) is 0 Å². The monoisotopic (exact) mass is 405 g/mol. The van der Waals surface area contributed by atoms with Crippen molar-refractivity contribution in [1.82, 2.24) is 0 Å². The van der Waals surface area contributed by atoms with Gasteiger partial charge in [-0.25, -0.2) is 13.2 Å². The van der Waals surface area contributed by atoms with Gasteiger partial charge in [-0.1, -0.05) is 18.2 Å². The standard InChI is InChI=1S/C16H16F2O8S/c17-16(18,27(21,22)23)15(20)24-8-9-3-1-2-4-12(9)26-14(19)11-7-10-5-6-13(11)25-10/h1-4,10-11,13H,5-8H2,(H,21,22,23)/p-1. The molecule has 8 nitrogen and oxygen atoms in total. The summed E-state index contributed by atoms with van der Waals surface area (Å²) in [4.78, 5) is 23.6. The van der Waals surface area contributed by atoms with Gasteiger partial charge < -0.3 is 18.8 Å². The third-order valence-electron chi connectivity index (χ3n) is 4.50. The molecule has 2 saturated heterocycles. The van der Waals surface area contributed by atoms with Gasteiger partial charge in [0.15, 0.2) is 10.1 Å². The molecule has 148 valence electrons. The van der Waals surface area contributed by atoms with Crippen molar-refractivity contribution >= 4 is 22.1 Å². The summed E-state index contributed by atoms with van der Waals surface area (Å²) < 4.78 is 72.7. The highest BCUT2D eigenvalue weighted by atomic mass is 32.2. The molecule has 2 aliphatic heterocycles. The second kappa shape index (κ2) is 7.13. The number of halogens is 2. The van der Waals surface area contributed by atoms with E-state index in [9.17, 15) is 31.3 Å². The van der Waals surface area contributed by atoms with E-state index < -0.39 is 39.8 Å². The van der Waals surface area contributed by atoms with Crippen LogP contribution in [0.1, 0.15) is 24.8 Å². The molecule has 11 heteroatoms. The first-order valence-electron chi connectivity index (χ1n) is 8.05. The van der Waals surface area contributed by atoms with E-state index in [4.69, 9.17) is 9.47 Å². The van der Waals surface area contributed by atoms with Crippen LogP contribution in [0.15, 0.2) is 24.3 Å². The molecule has 0 radical (unpaired) electrons. The summed E-state index contributed by atoms with van der Waals surface area (Å²) in [6.07, 6.45) is 1.99. The molecule has 0 spiro atoms. The predicted octanol–water partition coefficient (Wildman–Crippen LogP) is 1.34. The second-order valence-corrected chi connectivity index (χ2v) is 7.71. The number of fused-ring (bicyclic) bond motifs is 2. The third kappa shape index (κ3) is 3.94. The lowest BCUT2D eigenvalue weighted by molar-refractivity contribution is -0.162. The molecule has 0 saturated carbocycles. The van der Waals surface area contributed by atoms with Crippen molar-refractivity contribution in [2.45, 2.75) is 43.3 Å². The van der Waals surface area contributed by atoms with Crippen molar-refractivity contribution in [3.8, 4) is 5.75 Å². The predicted molar refractivity (Wildman–Crippen MR) is 82.5 cm³/mol. The molecule has 0 aliphatic carbocycles. The summed E-state index contributed by atoms with van der Waals surface area (Å²) in [7, 11) is -6.21. The van der Waals surface area contributed by atoms with Crippen LogP contribution < -0.4 is 4.74 Å². The minimum Gasteiger partial charge on any atom is -0.743 e. The number of hydrogen-bond donors (Lipinski definition) is 0. The minimum absolute atomic E-state index is 0.0219. The minimum atomic E-state index is -6.21. The van der Waals surface area contributed by atoms with Crippen molar-refractivity contribution in [1.29, 1.82) is 0 Å². The number of carbonyl (C=O) groups excluding carboxylic acids is 2. The molecule has 3 unspecified atom stereocenters. The molecule has 2 fully saturated rings. The summed E-state index contributed by atoms with van der Waals surface area (Å²) in [5.74, 6) is -3.51. The van der Waals surface area contributed by atoms with E-state index in [1.54, 1.807) is 0 Å². The summed E-state index contributed by atoms with van der Waals surface area (Å²) in [5, 5.41) is -5.21. The van der Waals surface area contributed by atoms with Crippen molar-refractivity contribution in [3.63, 3.8) is 0 Å². The molecule has 3 atom stereocenters. The summed E-state index contributed by atoms with van der Waals surface area (Å²) in [6, 6.07) is 5.71. The lowest BCUT2D eigenvalue weighted by atomic mass is 9.89. The van der Waals surface area contributed by atoms with Crippen molar-refractivity contribution in [2.75, 3.05) is 0 Å². The summed E-state index contributed by atoms with van der Waals surface area (Å²) in [5.41, 5.74) is 0.0578. The first kappa shape index (κ1) is 19.6. The van der Waals surface area contributed by atoms with Gasteiger partial charge in [-0.15, -0.1) is 0 Å². The maximum atomic E-state index is 13.2. The number of alkyl halides is 2. The second-order valence-electron chi connectivity index (χ2n) is 6.29. The van der Waals surface area contributed by atoms with Crippen LogP contribution >= 0.6 is 0 Å². The molecule has 1 aromatic rings. The van der Waals surface area contributed by atoms with Crippen molar-refractivity contribution < 1.29 is 45.6 Å². The molecule has 27 heavy (non-hydrogen) atoms. The fourth-order valence-electron chi connectivity index (χ4n) is 3.12. The van der Waals surface area contributed by atoms with E-state index in [2.05, 4.69) is 4.74 Å². The van der Waals surface area contributed by atoms with Gasteiger partial charge in [0.05, 0.1) is 18.1 Å². The number of hydrogen-bond acceptors (Lipinski definition) is 8. The molecule has 2 aliphatic rings. The Bertz CT molecular complexity index is 854. The quantitative estimate of drug-likeness (QED) is 0.395. The molecule has 2 bridgehead atoms. The van der Waals surface area contributed by atoms with E-state index in [0.29, 0.717) is 6.42 Å². The highest BCUT2D eigenvalue weighted by Crippen LogP contribution is 2.39. The van der Waals surface area contributed by atoms with Crippen LogP contribution in [-0.2, 0) is 35.8 Å². The summed E-state index contributed by atoms with van der Waals surface area (Å²) >= 11 is 0. The van der Waals surface area contributed by atoms with E-state index in [1.807, 2.05) is 0 Å². The Balaban J connectivity index is 1.66. The van der Waals surface area contributed by atoms with Gasteiger partial charge in [-0.05, 0) is 25.3 Å². The van der Waals surface area contributed by atoms with Crippen molar-refractivity contribution in [2.24, 2.45) is 5.92 Å². The molecular weight excluding hydrogens is 390 g/mol. The zero-order valence-corrected chi connectivity index (χ0v) is 14.6. The number of carbonyl (C=O) groups is 2. The maximum Gasteiger partial charge on any atom is 0.428 e. The van der Waals surface area contributed by atoms with Crippen LogP contribution in [0.4, 0.5) is 8.78 Å². The Kier molecular flexibility index (Phi) is 5.19. The van der Waals surface area contributed by atoms with Crippen molar-refractivity contribution in [3.05, 3.63) is 29.8 Å². The highest BCUT2D eigenvalue weighted by Gasteiger charge is 2.48. The van der Waals surface area contributed by atoms with Gasteiger partial charge in [0.1, 0.15) is 12.4 Å². The smallest absolute Gasteiger partial charge is 0.428 e. The zero-order valence-electron chi connectivity index (χ0n) is 13.8. The van der Waals surface area contributed by atoms with Crippen LogP contribution in [0, 0.1) is 5.92 Å². The zero-order chi connectivity index (χ0) is 19.8. The molecule has 1 aromatic carbocycles. The number of esters is 2. The Morgan fingerprint density at radius 3 is 2.56 bits per heavy atom. The fourth-order valence-corrected chi connectivity index (χ4v) is 3.39. The van der Waals surface area contributed by atoms with Crippen LogP contribution in [-0.4, -0.2) is 42.4 Å². The largest absolute Gasteiger partial charge is 0.743 e. The van der Waals surface area contributed by atoms with Gasteiger partial charge in [-0.3, -0.25) is 4.79 Å². The molecular formula is C16H15F2O8S-. The van der Waals surface area contributed by atoms with Gasteiger partial charge in [0, 0.05) is 5.56 Å². The highest BCUT2D eigenvalue weighted by molar-refractivity contribution is 7.87. The Labute approximate surface area is 153 Å². The topological polar surface area (TPSA) is 119 Å². The number of benzene rings is 1. The van der Waals surface area contributed by atoms with E-state index >= 15 is 0 Å².